The van der Waals surface area contributed by atoms with Crippen LogP contribution in [0.3, 0.4) is 0 Å². The molecular weight excluding hydrogens is 300 g/mol. The van der Waals surface area contributed by atoms with Crippen molar-refractivity contribution in [3.63, 3.8) is 0 Å². The highest BCUT2D eigenvalue weighted by Gasteiger charge is 2.28. The van der Waals surface area contributed by atoms with Crippen molar-refractivity contribution in [1.82, 2.24) is 0 Å². The van der Waals surface area contributed by atoms with Gasteiger partial charge in [-0.15, -0.1) is 0 Å². The smallest absolute Gasteiger partial charge is 0.253 e. The molecule has 0 aliphatic rings. The van der Waals surface area contributed by atoms with Gasteiger partial charge in [-0.05, 0) is 49.2 Å². The van der Waals surface area contributed by atoms with E-state index in [9.17, 15) is 9.59 Å². The van der Waals surface area contributed by atoms with Gasteiger partial charge in [-0.2, -0.15) is 0 Å². The van der Waals surface area contributed by atoms with Gasteiger partial charge in [0.15, 0.2) is 0 Å². The van der Waals surface area contributed by atoms with Crippen molar-refractivity contribution in [2.45, 2.75) is 13.8 Å². The minimum atomic E-state index is -0.437. The van der Waals surface area contributed by atoms with Crippen LogP contribution in [0, 0.1) is 13.8 Å². The molecule has 0 fully saturated rings. The Morgan fingerprint density at radius 2 is 1.04 bits per heavy atom. The fourth-order valence-electron chi connectivity index (χ4n) is 2.92. The molecule has 0 aromatic heterocycles. The maximum absolute atomic E-state index is 12.2. The summed E-state index contributed by atoms with van der Waals surface area (Å²) in [5, 5.41) is 0. The van der Waals surface area contributed by atoms with Gasteiger partial charge in [-0.25, -0.2) is 0 Å². The van der Waals surface area contributed by atoms with E-state index < -0.39 is 10.9 Å². The molecule has 0 saturated heterocycles. The van der Waals surface area contributed by atoms with E-state index >= 15 is 0 Å². The number of rotatable bonds is 4. The average Bonchev–Trinajstić information content (AvgIpc) is 2.57. The Balaban J connectivity index is 2.04. The minimum Gasteiger partial charge on any atom is -0.339 e. The molecule has 0 spiro atoms. The second-order valence-corrected chi connectivity index (χ2v) is 6.15. The van der Waals surface area contributed by atoms with E-state index in [1.54, 1.807) is 9.80 Å². The molecule has 0 aliphatic carbocycles. The van der Waals surface area contributed by atoms with Gasteiger partial charge in [0.2, 0.25) is 0 Å². The zero-order valence-electron chi connectivity index (χ0n) is 14.3. The van der Waals surface area contributed by atoms with E-state index in [0.717, 1.165) is 22.5 Å². The summed E-state index contributed by atoms with van der Waals surface area (Å²) in [6.07, 6.45) is 0. The molecule has 3 aromatic rings. The summed E-state index contributed by atoms with van der Waals surface area (Å²) < 4.78 is 0. The number of hydrogen-bond acceptors (Lipinski definition) is 4. The van der Waals surface area contributed by atoms with Crippen LogP contribution in [0.5, 0.6) is 0 Å². The van der Waals surface area contributed by atoms with Gasteiger partial charge in [0, 0.05) is 25.5 Å². The third-order valence-corrected chi connectivity index (χ3v) is 4.31. The molecule has 3 aromatic carbocycles. The van der Waals surface area contributed by atoms with Crippen LogP contribution in [0.4, 0.5) is 22.7 Å². The highest BCUT2D eigenvalue weighted by Crippen LogP contribution is 2.33. The minimum absolute atomic E-state index is 0.437. The molecular formula is C20H20N2O2. The molecule has 4 heteroatoms. The van der Waals surface area contributed by atoms with Crippen LogP contribution < -0.4 is 20.7 Å². The summed E-state index contributed by atoms with van der Waals surface area (Å²) in [4.78, 5) is 28.0. The molecule has 0 amide bonds. The summed E-state index contributed by atoms with van der Waals surface area (Å²) in [6, 6.07) is 15.7. The second kappa shape index (κ2) is 5.96. The van der Waals surface area contributed by atoms with Gasteiger partial charge < -0.3 is 9.80 Å². The van der Waals surface area contributed by atoms with Crippen molar-refractivity contribution in [2.24, 2.45) is 0 Å². The maximum Gasteiger partial charge on any atom is 0.253 e. The zero-order valence-corrected chi connectivity index (χ0v) is 14.3. The van der Waals surface area contributed by atoms with E-state index in [0.29, 0.717) is 11.4 Å². The number of hydrogen-bond donors (Lipinski definition) is 0. The van der Waals surface area contributed by atoms with Gasteiger partial charge in [0.25, 0.3) is 10.9 Å². The van der Waals surface area contributed by atoms with Crippen LogP contribution in [0.2, 0.25) is 0 Å². The van der Waals surface area contributed by atoms with Crippen LogP contribution in [0.15, 0.2) is 58.1 Å². The first kappa shape index (κ1) is 16.0. The first-order valence-electron chi connectivity index (χ1n) is 7.84. The molecule has 3 rings (SSSR count). The lowest BCUT2D eigenvalue weighted by Gasteiger charge is -2.29. The Bertz CT molecular complexity index is 889. The fourth-order valence-corrected chi connectivity index (χ4v) is 2.92. The van der Waals surface area contributed by atoms with Gasteiger partial charge in [0.1, 0.15) is 11.4 Å². The monoisotopic (exact) mass is 320 g/mol. The van der Waals surface area contributed by atoms with Crippen molar-refractivity contribution in [3.05, 3.63) is 80.1 Å². The average molecular weight is 320 g/mol. The molecule has 0 saturated carbocycles. The van der Waals surface area contributed by atoms with E-state index in [-0.39, 0.29) is 0 Å². The molecule has 0 unspecified atom stereocenters. The highest BCUT2D eigenvalue weighted by atomic mass is 16.2. The highest BCUT2D eigenvalue weighted by molar-refractivity contribution is 5.84. The number of anilines is 4. The molecule has 0 bridgehead atoms. The normalized spacial score (nSPS) is 10.8. The zero-order chi connectivity index (χ0) is 17.4. The third-order valence-electron chi connectivity index (χ3n) is 4.31. The number of nitrogens with zero attached hydrogens (tertiary/aromatic N) is 2. The maximum atomic E-state index is 12.2. The lowest BCUT2D eigenvalue weighted by atomic mass is 10.1. The lowest BCUT2D eigenvalue weighted by Crippen LogP contribution is -2.41. The van der Waals surface area contributed by atoms with Gasteiger partial charge in [-0.3, -0.25) is 9.59 Å². The Morgan fingerprint density at radius 3 is 1.38 bits per heavy atom. The Hall–Kier alpha value is -2.88. The number of benzene rings is 2. The first-order chi connectivity index (χ1) is 11.4. The van der Waals surface area contributed by atoms with Crippen molar-refractivity contribution in [3.8, 4) is 0 Å². The molecule has 0 aliphatic heterocycles. The third kappa shape index (κ3) is 2.60. The predicted octanol–water partition coefficient (Wildman–Crippen LogP) is 3.44. The van der Waals surface area contributed by atoms with E-state index in [1.807, 2.05) is 76.5 Å². The SMILES string of the molecule is Cc1cccc(N(C)c2c(N(C)c3cccc(C)c3)c(=O)c2=O)c1. The first-order valence-corrected chi connectivity index (χ1v) is 7.84. The molecule has 4 nitrogen and oxygen atoms in total. The van der Waals surface area contributed by atoms with Gasteiger partial charge in [-0.1, -0.05) is 24.3 Å². The summed E-state index contributed by atoms with van der Waals surface area (Å²) in [5.74, 6) is 0. The van der Waals surface area contributed by atoms with Crippen LogP contribution >= 0.6 is 0 Å². The van der Waals surface area contributed by atoms with Crippen molar-refractivity contribution in [2.75, 3.05) is 23.9 Å². The fraction of sp³-hybridized carbons (Fsp3) is 0.200. The number of aryl methyl sites for hydroxylation is 2. The molecule has 24 heavy (non-hydrogen) atoms. The Morgan fingerprint density at radius 1 is 0.667 bits per heavy atom. The molecule has 122 valence electrons. The van der Waals surface area contributed by atoms with Gasteiger partial charge >= 0.3 is 0 Å². The van der Waals surface area contributed by atoms with Crippen molar-refractivity contribution >= 4 is 22.7 Å². The van der Waals surface area contributed by atoms with Gasteiger partial charge in [0.05, 0.1) is 0 Å². The summed E-state index contributed by atoms with van der Waals surface area (Å²) in [5.41, 5.74) is 3.99. The standard InChI is InChI=1S/C20H20N2O2/c1-13-7-5-9-15(11-13)21(3)17-18(20(24)19(17)23)22(4)16-10-6-8-14(2)12-16/h5-12H,1-4H3. The summed E-state index contributed by atoms with van der Waals surface area (Å²) in [7, 11) is 3.64. The van der Waals surface area contributed by atoms with Crippen molar-refractivity contribution in [1.29, 1.82) is 0 Å². The molecule has 0 N–H and O–H groups in total. The van der Waals surface area contributed by atoms with Crippen LogP contribution in [0.1, 0.15) is 11.1 Å². The topological polar surface area (TPSA) is 40.6 Å². The van der Waals surface area contributed by atoms with E-state index in [1.165, 1.54) is 0 Å². The van der Waals surface area contributed by atoms with E-state index in [2.05, 4.69) is 0 Å². The molecule has 0 radical (unpaired) electrons. The summed E-state index contributed by atoms with van der Waals surface area (Å²) in [6.45, 7) is 4.00. The molecule has 0 heterocycles. The quantitative estimate of drug-likeness (QED) is 0.691. The predicted molar refractivity (Wildman–Crippen MR) is 99.8 cm³/mol. The van der Waals surface area contributed by atoms with E-state index in [4.69, 9.17) is 0 Å². The molecule has 0 atom stereocenters. The summed E-state index contributed by atoms with van der Waals surface area (Å²) >= 11 is 0. The second-order valence-electron chi connectivity index (χ2n) is 6.15. The lowest BCUT2D eigenvalue weighted by molar-refractivity contribution is 1.09. The largest absolute Gasteiger partial charge is 0.339 e. The Labute approximate surface area is 141 Å². The Kier molecular flexibility index (Phi) is 3.97. The van der Waals surface area contributed by atoms with Crippen molar-refractivity contribution < 1.29 is 0 Å². The van der Waals surface area contributed by atoms with Crippen LogP contribution in [-0.4, -0.2) is 14.1 Å². The van der Waals surface area contributed by atoms with Crippen LogP contribution in [0.25, 0.3) is 0 Å². The van der Waals surface area contributed by atoms with Crippen LogP contribution in [-0.2, 0) is 0 Å².